The molecule has 0 saturated heterocycles. The lowest BCUT2D eigenvalue weighted by Gasteiger charge is -2.13. The van der Waals surface area contributed by atoms with E-state index in [2.05, 4.69) is 43.2 Å². The van der Waals surface area contributed by atoms with Crippen LogP contribution in [0, 0.1) is 11.5 Å². The summed E-state index contributed by atoms with van der Waals surface area (Å²) in [5, 5.41) is 9.74. The molecule has 1 aromatic rings. The molecule has 0 aliphatic heterocycles. The maximum atomic E-state index is 9.56. The van der Waals surface area contributed by atoms with E-state index in [0.717, 1.165) is 6.42 Å². The fourth-order valence-electron chi connectivity index (χ4n) is 1.41. The lowest BCUT2D eigenvalue weighted by molar-refractivity contribution is 0.188. The first-order chi connectivity index (χ1) is 8.37. The predicted octanol–water partition coefficient (Wildman–Crippen LogP) is 3.80. The molecular weight excluding hydrogens is 256 g/mol. The van der Waals surface area contributed by atoms with Crippen LogP contribution in [0.5, 0.6) is 0 Å². The first kappa shape index (κ1) is 15.4. The Morgan fingerprint density at radius 1 is 1.22 bits per heavy atom. The second-order valence-electron chi connectivity index (χ2n) is 5.52. The number of aliphatic hydroxyl groups excluding tert-OH is 1. The number of aliphatic hydroxyl groups is 1. The first-order valence-corrected chi connectivity index (χ1v) is 10.7. The lowest BCUT2D eigenvalue weighted by atomic mass is 10.2. The zero-order chi connectivity index (χ0) is 13.6. The zero-order valence-electron chi connectivity index (χ0n) is 11.6. The third kappa shape index (κ3) is 6.90. The van der Waals surface area contributed by atoms with Crippen LogP contribution < -0.4 is 0 Å². The fraction of sp³-hybridized carbons (Fsp3) is 0.467. The molecule has 1 rings (SSSR count). The van der Waals surface area contributed by atoms with E-state index >= 15 is 0 Å². The minimum atomic E-state index is -1.34. The highest BCUT2D eigenvalue weighted by Crippen LogP contribution is 2.25. The fourth-order valence-corrected chi connectivity index (χ4v) is 3.25. The average molecular weight is 278 g/mol. The molecule has 18 heavy (non-hydrogen) atoms. The van der Waals surface area contributed by atoms with Crippen LogP contribution in [0.25, 0.3) is 0 Å². The Morgan fingerprint density at radius 2 is 1.83 bits per heavy atom. The van der Waals surface area contributed by atoms with E-state index in [1.807, 2.05) is 25.1 Å². The number of rotatable bonds is 4. The predicted molar refractivity (Wildman–Crippen MR) is 83.5 cm³/mol. The molecule has 0 aliphatic carbocycles. The molecule has 0 spiro atoms. The molecule has 0 aliphatic rings. The van der Waals surface area contributed by atoms with Crippen molar-refractivity contribution in [2.75, 3.05) is 0 Å². The Balaban J connectivity index is 2.75. The molecular formula is C15H22OSSi. The van der Waals surface area contributed by atoms with E-state index in [4.69, 9.17) is 0 Å². The Bertz CT molecular complexity index is 412. The van der Waals surface area contributed by atoms with Gasteiger partial charge in [0.05, 0.1) is 11.4 Å². The standard InChI is InChI=1S/C15H22OSSi/c1-13(16)12-15(10-11-18(2,3)4)17-14-8-6-5-7-9-14/h5-9,13,15-16H,12H2,1-4H3/t13-,15?/m0/s1. The highest BCUT2D eigenvalue weighted by Gasteiger charge is 2.13. The van der Waals surface area contributed by atoms with E-state index in [1.54, 1.807) is 11.8 Å². The van der Waals surface area contributed by atoms with Crippen molar-refractivity contribution >= 4 is 19.8 Å². The van der Waals surface area contributed by atoms with Gasteiger partial charge in [0.2, 0.25) is 0 Å². The summed E-state index contributed by atoms with van der Waals surface area (Å²) in [6.45, 7) is 8.56. The van der Waals surface area contributed by atoms with E-state index in [1.165, 1.54) is 4.90 Å². The maximum absolute atomic E-state index is 9.56. The summed E-state index contributed by atoms with van der Waals surface area (Å²) in [5.74, 6) is 3.35. The molecule has 0 saturated carbocycles. The SMILES string of the molecule is C[C@H](O)CC(C#C[Si](C)(C)C)Sc1ccccc1. The van der Waals surface area contributed by atoms with Gasteiger partial charge in [-0.2, -0.15) is 0 Å². The number of hydrogen-bond acceptors (Lipinski definition) is 2. The van der Waals surface area contributed by atoms with Gasteiger partial charge in [-0.1, -0.05) is 43.8 Å². The molecule has 3 heteroatoms. The molecule has 1 aromatic carbocycles. The zero-order valence-corrected chi connectivity index (χ0v) is 13.4. The molecule has 1 nitrogen and oxygen atoms in total. The molecule has 98 valence electrons. The molecule has 0 aromatic heterocycles. The van der Waals surface area contributed by atoms with Crippen molar-refractivity contribution in [1.82, 2.24) is 0 Å². The molecule has 0 fully saturated rings. The normalized spacial score (nSPS) is 14.5. The third-order valence-electron chi connectivity index (χ3n) is 2.18. The number of hydrogen-bond donors (Lipinski definition) is 1. The first-order valence-electron chi connectivity index (χ1n) is 6.29. The smallest absolute Gasteiger partial charge is 0.129 e. The summed E-state index contributed by atoms with van der Waals surface area (Å²) in [7, 11) is -1.34. The van der Waals surface area contributed by atoms with Gasteiger partial charge in [-0.3, -0.25) is 0 Å². The van der Waals surface area contributed by atoms with Crippen LogP contribution in [0.1, 0.15) is 13.3 Å². The van der Waals surface area contributed by atoms with Crippen LogP contribution in [0.3, 0.4) is 0 Å². The van der Waals surface area contributed by atoms with Gasteiger partial charge < -0.3 is 5.11 Å². The Hall–Kier alpha value is -0.693. The van der Waals surface area contributed by atoms with E-state index < -0.39 is 8.07 Å². The molecule has 1 N–H and O–H groups in total. The van der Waals surface area contributed by atoms with Crippen molar-refractivity contribution in [3.05, 3.63) is 30.3 Å². The van der Waals surface area contributed by atoms with Crippen LogP contribution >= 0.6 is 11.8 Å². The van der Waals surface area contributed by atoms with Crippen LogP contribution in [0.2, 0.25) is 19.6 Å². The van der Waals surface area contributed by atoms with Gasteiger partial charge in [0, 0.05) is 4.90 Å². The second kappa shape index (κ2) is 7.03. The minimum absolute atomic E-state index is 0.180. The summed E-state index contributed by atoms with van der Waals surface area (Å²) in [6.07, 6.45) is 0.416. The summed E-state index contributed by atoms with van der Waals surface area (Å²) in [5.41, 5.74) is 3.40. The number of benzene rings is 1. The monoisotopic (exact) mass is 278 g/mol. The van der Waals surface area contributed by atoms with E-state index in [9.17, 15) is 5.11 Å². The minimum Gasteiger partial charge on any atom is -0.393 e. The molecule has 0 heterocycles. The van der Waals surface area contributed by atoms with Crippen molar-refractivity contribution in [3.63, 3.8) is 0 Å². The van der Waals surface area contributed by atoms with E-state index in [-0.39, 0.29) is 11.4 Å². The van der Waals surface area contributed by atoms with Crippen LogP contribution in [-0.2, 0) is 0 Å². The van der Waals surface area contributed by atoms with Crippen LogP contribution in [0.4, 0.5) is 0 Å². The Morgan fingerprint density at radius 3 is 2.33 bits per heavy atom. The van der Waals surface area contributed by atoms with Crippen molar-refractivity contribution in [3.8, 4) is 11.5 Å². The molecule has 0 amide bonds. The quantitative estimate of drug-likeness (QED) is 0.513. The van der Waals surface area contributed by atoms with Crippen molar-refractivity contribution in [2.24, 2.45) is 0 Å². The van der Waals surface area contributed by atoms with Gasteiger partial charge in [-0.05, 0) is 25.5 Å². The average Bonchev–Trinajstić information content (AvgIpc) is 2.25. The van der Waals surface area contributed by atoms with Crippen molar-refractivity contribution in [2.45, 2.75) is 49.2 Å². The molecule has 2 atom stereocenters. The summed E-state index contributed by atoms with van der Waals surface area (Å²) >= 11 is 1.75. The van der Waals surface area contributed by atoms with Crippen molar-refractivity contribution in [1.29, 1.82) is 0 Å². The van der Waals surface area contributed by atoms with Gasteiger partial charge in [-0.25, -0.2) is 0 Å². The Labute approximate surface area is 116 Å². The maximum Gasteiger partial charge on any atom is 0.129 e. The van der Waals surface area contributed by atoms with Crippen LogP contribution in [-0.4, -0.2) is 24.5 Å². The van der Waals surface area contributed by atoms with Gasteiger partial charge in [0.15, 0.2) is 0 Å². The summed E-state index contributed by atoms with van der Waals surface area (Å²) < 4.78 is 0. The highest BCUT2D eigenvalue weighted by molar-refractivity contribution is 8.00. The lowest BCUT2D eigenvalue weighted by Crippen LogP contribution is -2.18. The van der Waals surface area contributed by atoms with E-state index in [0.29, 0.717) is 0 Å². The highest BCUT2D eigenvalue weighted by atomic mass is 32.2. The third-order valence-corrected chi connectivity index (χ3v) is 4.22. The van der Waals surface area contributed by atoms with Crippen molar-refractivity contribution < 1.29 is 5.11 Å². The second-order valence-corrected chi connectivity index (χ2v) is 11.5. The van der Waals surface area contributed by atoms with Gasteiger partial charge in [0.25, 0.3) is 0 Å². The van der Waals surface area contributed by atoms with Gasteiger partial charge >= 0.3 is 0 Å². The van der Waals surface area contributed by atoms with Gasteiger partial charge in [0.1, 0.15) is 8.07 Å². The topological polar surface area (TPSA) is 20.2 Å². The molecule has 1 unspecified atom stereocenters. The Kier molecular flexibility index (Phi) is 6.00. The molecule has 0 radical (unpaired) electrons. The van der Waals surface area contributed by atoms with Crippen LogP contribution in [0.15, 0.2) is 35.2 Å². The molecule has 0 bridgehead atoms. The largest absolute Gasteiger partial charge is 0.393 e. The summed E-state index contributed by atoms with van der Waals surface area (Å²) in [4.78, 5) is 1.22. The van der Waals surface area contributed by atoms with Gasteiger partial charge in [-0.15, -0.1) is 17.3 Å². The summed E-state index contributed by atoms with van der Waals surface area (Å²) in [6, 6.07) is 10.3. The number of thioether (sulfide) groups is 1.